The zero-order valence-electron chi connectivity index (χ0n) is 12.8. The first-order valence-electron chi connectivity index (χ1n) is 7.61. The van der Waals surface area contributed by atoms with Crippen LogP contribution in [0.5, 0.6) is 5.75 Å². The molecule has 0 saturated carbocycles. The van der Waals surface area contributed by atoms with E-state index in [4.69, 9.17) is 4.74 Å². The summed E-state index contributed by atoms with van der Waals surface area (Å²) >= 11 is 0. The lowest BCUT2D eigenvalue weighted by Crippen LogP contribution is -2.33. The fourth-order valence-corrected chi connectivity index (χ4v) is 2.33. The lowest BCUT2D eigenvalue weighted by atomic mass is 10.1. The Hall–Kier alpha value is -1.88. The zero-order valence-corrected chi connectivity index (χ0v) is 12.8. The third-order valence-corrected chi connectivity index (χ3v) is 3.40. The topological polar surface area (TPSA) is 52.0 Å². The smallest absolute Gasteiger partial charge is 0.138 e. The number of aromatic nitrogens is 3. The third kappa shape index (κ3) is 4.86. The van der Waals surface area contributed by atoms with Crippen LogP contribution in [0.1, 0.15) is 26.1 Å². The number of ether oxygens (including phenoxy) is 1. The summed E-state index contributed by atoms with van der Waals surface area (Å²) in [6.45, 7) is 6.70. The van der Waals surface area contributed by atoms with Gasteiger partial charge in [-0.2, -0.15) is 5.10 Å². The molecular weight excluding hydrogens is 264 g/mol. The summed E-state index contributed by atoms with van der Waals surface area (Å²) in [4.78, 5) is 4.35. The number of nitrogens with zero attached hydrogens (tertiary/aromatic N) is 3. The van der Waals surface area contributed by atoms with Crippen molar-refractivity contribution < 1.29 is 4.74 Å². The number of nitrogens with one attached hydrogen (secondary N) is 1. The van der Waals surface area contributed by atoms with Crippen LogP contribution in [0.4, 0.5) is 0 Å². The Morgan fingerprint density at radius 1 is 1.24 bits per heavy atom. The van der Waals surface area contributed by atoms with Gasteiger partial charge in [-0.1, -0.05) is 25.1 Å². The van der Waals surface area contributed by atoms with E-state index >= 15 is 0 Å². The Kier molecular flexibility index (Phi) is 6.22. The van der Waals surface area contributed by atoms with Gasteiger partial charge in [0.25, 0.3) is 0 Å². The molecule has 0 radical (unpaired) electrons. The van der Waals surface area contributed by atoms with Crippen molar-refractivity contribution in [1.82, 2.24) is 20.1 Å². The number of para-hydroxylation sites is 1. The molecule has 0 saturated heterocycles. The average molecular weight is 288 g/mol. The Balaban J connectivity index is 1.84. The van der Waals surface area contributed by atoms with Crippen LogP contribution in [0.25, 0.3) is 0 Å². The molecule has 0 amide bonds. The van der Waals surface area contributed by atoms with Gasteiger partial charge in [-0.25, -0.2) is 4.98 Å². The van der Waals surface area contributed by atoms with Crippen LogP contribution < -0.4 is 10.1 Å². The maximum atomic E-state index is 5.78. The monoisotopic (exact) mass is 288 g/mol. The lowest BCUT2D eigenvalue weighted by molar-refractivity contribution is 0.284. The van der Waals surface area contributed by atoms with Crippen molar-refractivity contribution in [2.75, 3.05) is 13.2 Å². The summed E-state index contributed by atoms with van der Waals surface area (Å²) < 4.78 is 7.72. The molecule has 0 fully saturated rings. The van der Waals surface area contributed by atoms with Gasteiger partial charge in [0, 0.05) is 19.0 Å². The van der Waals surface area contributed by atoms with Crippen molar-refractivity contribution in [3.63, 3.8) is 0 Å². The Labute approximate surface area is 126 Å². The lowest BCUT2D eigenvalue weighted by Gasteiger charge is -2.18. The van der Waals surface area contributed by atoms with Gasteiger partial charge in [-0.3, -0.25) is 4.68 Å². The largest absolute Gasteiger partial charge is 0.494 e. The van der Waals surface area contributed by atoms with E-state index in [0.717, 1.165) is 37.5 Å². The molecule has 0 aliphatic heterocycles. The minimum atomic E-state index is 0.355. The van der Waals surface area contributed by atoms with Crippen LogP contribution in [-0.2, 0) is 13.0 Å². The van der Waals surface area contributed by atoms with E-state index < -0.39 is 0 Å². The standard InChI is InChI=1S/C16H24N4O/c1-3-17-14(12-16-18-13-19-20(16)4-2)10-11-21-15-8-6-5-7-9-15/h5-9,13-14,17H,3-4,10-12H2,1-2H3. The van der Waals surface area contributed by atoms with E-state index in [1.165, 1.54) is 0 Å². The fourth-order valence-electron chi connectivity index (χ4n) is 2.33. The normalized spacial score (nSPS) is 12.3. The Bertz CT molecular complexity index is 512. The first-order valence-corrected chi connectivity index (χ1v) is 7.61. The van der Waals surface area contributed by atoms with Crippen LogP contribution in [0, 0.1) is 0 Å². The highest BCUT2D eigenvalue weighted by atomic mass is 16.5. The van der Waals surface area contributed by atoms with Gasteiger partial charge < -0.3 is 10.1 Å². The van der Waals surface area contributed by atoms with Crippen LogP contribution in [0.3, 0.4) is 0 Å². The molecule has 0 aliphatic carbocycles. The van der Waals surface area contributed by atoms with Crippen molar-refractivity contribution in [1.29, 1.82) is 0 Å². The van der Waals surface area contributed by atoms with Crippen LogP contribution in [-0.4, -0.2) is 34.0 Å². The predicted octanol–water partition coefficient (Wildman–Crippen LogP) is 2.29. The highest BCUT2D eigenvalue weighted by Crippen LogP contribution is 2.10. The van der Waals surface area contributed by atoms with Gasteiger partial charge in [0.15, 0.2) is 0 Å². The van der Waals surface area contributed by atoms with Crippen LogP contribution in [0.15, 0.2) is 36.7 Å². The van der Waals surface area contributed by atoms with E-state index in [2.05, 4.69) is 29.2 Å². The van der Waals surface area contributed by atoms with Gasteiger partial charge in [0.1, 0.15) is 17.9 Å². The molecule has 1 N–H and O–H groups in total. The molecule has 114 valence electrons. The molecule has 21 heavy (non-hydrogen) atoms. The van der Waals surface area contributed by atoms with E-state index in [9.17, 15) is 0 Å². The van der Waals surface area contributed by atoms with Gasteiger partial charge in [-0.05, 0) is 32.0 Å². The first-order chi connectivity index (χ1) is 10.3. The number of hydrogen-bond donors (Lipinski definition) is 1. The van der Waals surface area contributed by atoms with Crippen molar-refractivity contribution >= 4 is 0 Å². The van der Waals surface area contributed by atoms with Crippen LogP contribution in [0.2, 0.25) is 0 Å². The van der Waals surface area contributed by atoms with E-state index in [-0.39, 0.29) is 0 Å². The summed E-state index contributed by atoms with van der Waals surface area (Å²) in [6.07, 6.45) is 3.45. The molecule has 0 spiro atoms. The number of hydrogen-bond acceptors (Lipinski definition) is 4. The second-order valence-corrected chi connectivity index (χ2v) is 4.90. The summed E-state index contributed by atoms with van der Waals surface area (Å²) in [7, 11) is 0. The Morgan fingerprint density at radius 2 is 2.05 bits per heavy atom. The minimum absolute atomic E-state index is 0.355. The van der Waals surface area contributed by atoms with Crippen molar-refractivity contribution in [3.05, 3.63) is 42.5 Å². The first kappa shape index (κ1) is 15.5. The molecule has 2 aromatic rings. The van der Waals surface area contributed by atoms with Gasteiger partial charge >= 0.3 is 0 Å². The molecule has 1 atom stereocenters. The minimum Gasteiger partial charge on any atom is -0.494 e. The molecular formula is C16H24N4O. The second-order valence-electron chi connectivity index (χ2n) is 4.90. The number of likely N-dealkylation sites (N-methyl/N-ethyl adjacent to an activating group) is 1. The summed E-state index contributed by atoms with van der Waals surface area (Å²) in [6, 6.07) is 10.3. The van der Waals surface area contributed by atoms with E-state index in [0.29, 0.717) is 12.6 Å². The molecule has 1 heterocycles. The predicted molar refractivity (Wildman–Crippen MR) is 83.4 cm³/mol. The maximum Gasteiger partial charge on any atom is 0.138 e. The third-order valence-electron chi connectivity index (χ3n) is 3.40. The van der Waals surface area contributed by atoms with E-state index in [1.54, 1.807) is 6.33 Å². The molecule has 1 unspecified atom stereocenters. The van der Waals surface area contributed by atoms with Gasteiger partial charge in [0.2, 0.25) is 0 Å². The fraction of sp³-hybridized carbons (Fsp3) is 0.500. The highest BCUT2D eigenvalue weighted by Gasteiger charge is 2.12. The molecule has 1 aromatic heterocycles. The number of aryl methyl sites for hydroxylation is 1. The quantitative estimate of drug-likeness (QED) is 0.769. The highest BCUT2D eigenvalue weighted by molar-refractivity contribution is 5.20. The van der Waals surface area contributed by atoms with Crippen LogP contribution >= 0.6 is 0 Å². The molecule has 5 nitrogen and oxygen atoms in total. The summed E-state index contributed by atoms with van der Waals surface area (Å²) in [5, 5.41) is 7.72. The molecule has 5 heteroatoms. The van der Waals surface area contributed by atoms with E-state index in [1.807, 2.05) is 35.0 Å². The molecule has 1 aromatic carbocycles. The number of rotatable bonds is 9. The molecule has 2 rings (SSSR count). The molecule has 0 bridgehead atoms. The average Bonchev–Trinajstić information content (AvgIpc) is 2.96. The second kappa shape index (κ2) is 8.42. The number of benzene rings is 1. The van der Waals surface area contributed by atoms with Crippen molar-refractivity contribution in [3.8, 4) is 5.75 Å². The summed E-state index contributed by atoms with van der Waals surface area (Å²) in [5.41, 5.74) is 0. The zero-order chi connectivity index (χ0) is 14.9. The van der Waals surface area contributed by atoms with Crippen molar-refractivity contribution in [2.24, 2.45) is 0 Å². The Morgan fingerprint density at radius 3 is 2.76 bits per heavy atom. The van der Waals surface area contributed by atoms with Gasteiger partial charge in [-0.15, -0.1) is 0 Å². The molecule has 0 aliphatic rings. The SMILES string of the molecule is CCNC(CCOc1ccccc1)Cc1ncnn1CC. The van der Waals surface area contributed by atoms with Gasteiger partial charge in [0.05, 0.1) is 6.61 Å². The van der Waals surface area contributed by atoms with Crippen molar-refractivity contribution in [2.45, 2.75) is 39.3 Å². The maximum absolute atomic E-state index is 5.78. The summed E-state index contributed by atoms with van der Waals surface area (Å²) in [5.74, 6) is 1.95.